The normalized spacial score (nSPS) is 19.3. The Morgan fingerprint density at radius 2 is 2.14 bits per heavy atom. The van der Waals surface area contributed by atoms with Gasteiger partial charge in [0.05, 0.1) is 0 Å². The molecule has 1 atom stereocenters. The van der Waals surface area contributed by atoms with Crippen LogP contribution in [0.3, 0.4) is 0 Å². The summed E-state index contributed by atoms with van der Waals surface area (Å²) in [5, 5.41) is 0. The maximum absolute atomic E-state index is 13.3. The van der Waals surface area contributed by atoms with Crippen LogP contribution in [0.25, 0.3) is 0 Å². The number of likely N-dealkylation sites (N-methyl/N-ethyl adjacent to an activating group) is 1. The van der Waals surface area contributed by atoms with E-state index in [1.54, 1.807) is 6.07 Å². The van der Waals surface area contributed by atoms with Gasteiger partial charge < -0.3 is 5.73 Å². The molecule has 116 valence electrons. The van der Waals surface area contributed by atoms with Gasteiger partial charge in [-0.05, 0) is 37.2 Å². The van der Waals surface area contributed by atoms with E-state index in [2.05, 4.69) is 23.6 Å². The third kappa shape index (κ3) is 3.99. The molecule has 0 aromatic heterocycles. The van der Waals surface area contributed by atoms with E-state index in [9.17, 15) is 4.39 Å². The second-order valence-electron chi connectivity index (χ2n) is 5.56. The standard InChI is InChI=1S/C16H24FN3S/c1-3-20(4-2)14-7-8-19(11-14)10-12-5-6-13(17)9-15(12)16(18)21/h5-6,9,14H,3-4,7-8,10-11H2,1-2H3,(H2,18,21). The quantitative estimate of drug-likeness (QED) is 0.818. The lowest BCUT2D eigenvalue weighted by atomic mass is 10.1. The highest BCUT2D eigenvalue weighted by molar-refractivity contribution is 7.80. The van der Waals surface area contributed by atoms with Gasteiger partial charge in [-0.3, -0.25) is 9.80 Å². The largest absolute Gasteiger partial charge is 0.389 e. The molecule has 0 radical (unpaired) electrons. The highest BCUT2D eigenvalue weighted by Crippen LogP contribution is 2.20. The second kappa shape index (κ2) is 7.29. The fourth-order valence-electron chi connectivity index (χ4n) is 3.15. The fraction of sp³-hybridized carbons (Fsp3) is 0.562. The molecule has 2 N–H and O–H groups in total. The Balaban J connectivity index is 2.05. The molecular formula is C16H24FN3S. The Morgan fingerprint density at radius 3 is 2.76 bits per heavy atom. The number of likely N-dealkylation sites (tertiary alicyclic amines) is 1. The summed E-state index contributed by atoms with van der Waals surface area (Å²) in [4.78, 5) is 5.17. The number of hydrogen-bond donors (Lipinski definition) is 1. The highest BCUT2D eigenvalue weighted by atomic mass is 32.1. The number of nitrogens with zero attached hydrogens (tertiary/aromatic N) is 2. The average Bonchev–Trinajstić information content (AvgIpc) is 2.90. The summed E-state index contributed by atoms with van der Waals surface area (Å²) in [5.41, 5.74) is 7.40. The minimum absolute atomic E-state index is 0.268. The molecule has 1 fully saturated rings. The van der Waals surface area contributed by atoms with E-state index in [1.807, 2.05) is 0 Å². The Bertz CT molecular complexity index is 502. The lowest BCUT2D eigenvalue weighted by Gasteiger charge is -2.26. The molecule has 0 bridgehead atoms. The third-order valence-corrected chi connectivity index (χ3v) is 4.53. The predicted molar refractivity (Wildman–Crippen MR) is 88.9 cm³/mol. The van der Waals surface area contributed by atoms with E-state index < -0.39 is 0 Å². The molecule has 1 aromatic rings. The molecule has 2 rings (SSSR count). The van der Waals surface area contributed by atoms with Crippen LogP contribution >= 0.6 is 12.2 Å². The molecule has 1 unspecified atom stereocenters. The van der Waals surface area contributed by atoms with Crippen molar-refractivity contribution in [1.29, 1.82) is 0 Å². The maximum atomic E-state index is 13.3. The summed E-state index contributed by atoms with van der Waals surface area (Å²) in [5.74, 6) is -0.288. The molecule has 1 aliphatic heterocycles. The topological polar surface area (TPSA) is 32.5 Å². The van der Waals surface area contributed by atoms with Gasteiger partial charge in [0.25, 0.3) is 0 Å². The van der Waals surface area contributed by atoms with Crippen LogP contribution in [0.5, 0.6) is 0 Å². The van der Waals surface area contributed by atoms with Crippen molar-refractivity contribution in [1.82, 2.24) is 9.80 Å². The molecule has 0 amide bonds. The van der Waals surface area contributed by atoms with Crippen LogP contribution in [0.15, 0.2) is 18.2 Å². The maximum Gasteiger partial charge on any atom is 0.123 e. The Morgan fingerprint density at radius 1 is 1.43 bits per heavy atom. The van der Waals surface area contributed by atoms with Crippen molar-refractivity contribution in [3.8, 4) is 0 Å². The summed E-state index contributed by atoms with van der Waals surface area (Å²) < 4.78 is 13.3. The zero-order valence-electron chi connectivity index (χ0n) is 12.8. The fourth-order valence-corrected chi connectivity index (χ4v) is 3.34. The third-order valence-electron chi connectivity index (χ3n) is 4.31. The Kier molecular flexibility index (Phi) is 5.67. The van der Waals surface area contributed by atoms with E-state index >= 15 is 0 Å². The van der Waals surface area contributed by atoms with Crippen LogP contribution in [0.2, 0.25) is 0 Å². The van der Waals surface area contributed by atoms with E-state index in [4.69, 9.17) is 18.0 Å². The van der Waals surface area contributed by atoms with Gasteiger partial charge in [-0.15, -0.1) is 0 Å². The van der Waals surface area contributed by atoms with Gasteiger partial charge in [0, 0.05) is 31.2 Å². The molecule has 0 aliphatic carbocycles. The lowest BCUT2D eigenvalue weighted by Crippen LogP contribution is -2.37. The van der Waals surface area contributed by atoms with Gasteiger partial charge in [-0.2, -0.15) is 0 Å². The zero-order chi connectivity index (χ0) is 15.4. The van der Waals surface area contributed by atoms with Gasteiger partial charge in [-0.25, -0.2) is 4.39 Å². The number of thiocarbonyl (C=S) groups is 1. The first-order chi connectivity index (χ1) is 10.0. The first kappa shape index (κ1) is 16.3. The van der Waals surface area contributed by atoms with E-state index in [0.717, 1.165) is 38.3 Å². The van der Waals surface area contributed by atoms with Crippen LogP contribution in [0.4, 0.5) is 4.39 Å². The first-order valence-corrected chi connectivity index (χ1v) is 8.00. The van der Waals surface area contributed by atoms with Gasteiger partial charge in [-0.1, -0.05) is 32.1 Å². The molecule has 3 nitrogen and oxygen atoms in total. The van der Waals surface area contributed by atoms with Gasteiger partial charge in [0.1, 0.15) is 10.8 Å². The van der Waals surface area contributed by atoms with Gasteiger partial charge in [0.2, 0.25) is 0 Å². The number of benzene rings is 1. The molecule has 1 heterocycles. The second-order valence-corrected chi connectivity index (χ2v) is 6.00. The monoisotopic (exact) mass is 309 g/mol. The van der Waals surface area contributed by atoms with Crippen molar-refractivity contribution in [2.45, 2.75) is 32.9 Å². The molecular weight excluding hydrogens is 285 g/mol. The summed E-state index contributed by atoms with van der Waals surface area (Å²) in [7, 11) is 0. The Labute approximate surface area is 131 Å². The molecule has 0 saturated carbocycles. The lowest BCUT2D eigenvalue weighted by molar-refractivity contribution is 0.209. The summed E-state index contributed by atoms with van der Waals surface area (Å²) in [6.07, 6.45) is 1.19. The highest BCUT2D eigenvalue weighted by Gasteiger charge is 2.26. The molecule has 1 saturated heterocycles. The Hall–Kier alpha value is -1.04. The van der Waals surface area contributed by atoms with E-state index in [-0.39, 0.29) is 10.8 Å². The summed E-state index contributed by atoms with van der Waals surface area (Å²) >= 11 is 5.04. The van der Waals surface area contributed by atoms with Crippen LogP contribution in [0, 0.1) is 5.82 Å². The molecule has 5 heteroatoms. The predicted octanol–water partition coefficient (Wildman–Crippen LogP) is 2.38. The molecule has 1 aromatic carbocycles. The average molecular weight is 309 g/mol. The van der Waals surface area contributed by atoms with Crippen molar-refractivity contribution in [2.24, 2.45) is 5.73 Å². The van der Waals surface area contributed by atoms with Crippen LogP contribution in [-0.2, 0) is 6.54 Å². The van der Waals surface area contributed by atoms with Gasteiger partial charge >= 0.3 is 0 Å². The van der Waals surface area contributed by atoms with Crippen LogP contribution < -0.4 is 5.73 Å². The summed E-state index contributed by atoms with van der Waals surface area (Å²) in [6.45, 7) is 9.48. The van der Waals surface area contributed by atoms with E-state index in [1.165, 1.54) is 18.6 Å². The van der Waals surface area contributed by atoms with E-state index in [0.29, 0.717) is 11.6 Å². The van der Waals surface area contributed by atoms with Crippen molar-refractivity contribution in [2.75, 3.05) is 26.2 Å². The number of hydrogen-bond acceptors (Lipinski definition) is 3. The van der Waals surface area contributed by atoms with Crippen molar-refractivity contribution >= 4 is 17.2 Å². The SMILES string of the molecule is CCN(CC)C1CCN(Cc2ccc(F)cc2C(N)=S)C1. The summed E-state index contributed by atoms with van der Waals surface area (Å²) in [6, 6.07) is 5.34. The minimum Gasteiger partial charge on any atom is -0.389 e. The number of rotatable bonds is 6. The van der Waals surface area contributed by atoms with Gasteiger partial charge in [0.15, 0.2) is 0 Å². The van der Waals surface area contributed by atoms with Crippen molar-refractivity contribution < 1.29 is 4.39 Å². The van der Waals surface area contributed by atoms with Crippen molar-refractivity contribution in [3.63, 3.8) is 0 Å². The number of nitrogens with two attached hydrogens (primary N) is 1. The smallest absolute Gasteiger partial charge is 0.123 e. The zero-order valence-corrected chi connectivity index (χ0v) is 13.6. The molecule has 21 heavy (non-hydrogen) atoms. The molecule has 0 spiro atoms. The number of halogens is 1. The van der Waals surface area contributed by atoms with Crippen LogP contribution in [0.1, 0.15) is 31.4 Å². The molecule has 1 aliphatic rings. The minimum atomic E-state index is -0.288. The first-order valence-electron chi connectivity index (χ1n) is 7.59. The van der Waals surface area contributed by atoms with Crippen molar-refractivity contribution in [3.05, 3.63) is 35.1 Å². The van der Waals surface area contributed by atoms with Crippen LogP contribution in [-0.4, -0.2) is 47.0 Å².